The van der Waals surface area contributed by atoms with Crippen molar-refractivity contribution in [3.63, 3.8) is 0 Å². The summed E-state index contributed by atoms with van der Waals surface area (Å²) in [6, 6.07) is 13.2. The van der Waals surface area contributed by atoms with Gasteiger partial charge in [-0.1, -0.05) is 52.3 Å². The molecule has 2 aromatic rings. The van der Waals surface area contributed by atoms with Crippen LogP contribution in [0.4, 0.5) is 5.69 Å². The summed E-state index contributed by atoms with van der Waals surface area (Å²) in [6.45, 7) is 9.96. The molecule has 0 aliphatic heterocycles. The molecule has 1 nitrogen and oxygen atoms in total. The minimum atomic E-state index is 0.253. The van der Waals surface area contributed by atoms with Crippen molar-refractivity contribution in [1.82, 2.24) is 0 Å². The van der Waals surface area contributed by atoms with Crippen molar-refractivity contribution in [2.24, 2.45) is 0 Å². The molecule has 1 heterocycles. The SMILES string of the molecule is CCCc1ccccc1NCc1ccc(C(C)(C)C)s1. The summed E-state index contributed by atoms with van der Waals surface area (Å²) in [5.74, 6) is 0. The van der Waals surface area contributed by atoms with Crippen LogP contribution in [0.15, 0.2) is 36.4 Å². The number of rotatable bonds is 5. The van der Waals surface area contributed by atoms with E-state index in [9.17, 15) is 0 Å². The van der Waals surface area contributed by atoms with E-state index in [4.69, 9.17) is 0 Å². The van der Waals surface area contributed by atoms with Gasteiger partial charge in [0, 0.05) is 22.0 Å². The molecule has 0 saturated carbocycles. The molecule has 0 aliphatic carbocycles. The van der Waals surface area contributed by atoms with Gasteiger partial charge in [0.05, 0.1) is 0 Å². The molecule has 0 spiro atoms. The zero-order valence-electron chi connectivity index (χ0n) is 13.0. The molecule has 0 atom stereocenters. The second kappa shape index (κ2) is 6.45. The Bertz CT molecular complexity index is 549. The minimum absolute atomic E-state index is 0.253. The highest BCUT2D eigenvalue weighted by molar-refractivity contribution is 7.12. The van der Waals surface area contributed by atoms with Crippen molar-refractivity contribution < 1.29 is 0 Å². The molecule has 108 valence electrons. The second-order valence-electron chi connectivity index (χ2n) is 6.28. The first-order valence-electron chi connectivity index (χ1n) is 7.41. The van der Waals surface area contributed by atoms with Crippen LogP contribution < -0.4 is 5.32 Å². The highest BCUT2D eigenvalue weighted by Gasteiger charge is 2.15. The summed E-state index contributed by atoms with van der Waals surface area (Å²) in [4.78, 5) is 2.86. The number of para-hydroxylation sites is 1. The summed E-state index contributed by atoms with van der Waals surface area (Å²) in [5, 5.41) is 3.59. The van der Waals surface area contributed by atoms with Crippen LogP contribution in [0, 0.1) is 0 Å². The van der Waals surface area contributed by atoms with E-state index in [-0.39, 0.29) is 5.41 Å². The van der Waals surface area contributed by atoms with E-state index < -0.39 is 0 Å². The number of thiophene rings is 1. The summed E-state index contributed by atoms with van der Waals surface area (Å²) >= 11 is 1.92. The van der Waals surface area contributed by atoms with Crippen molar-refractivity contribution >= 4 is 17.0 Å². The number of anilines is 1. The Hall–Kier alpha value is -1.28. The van der Waals surface area contributed by atoms with Gasteiger partial charge in [-0.25, -0.2) is 0 Å². The van der Waals surface area contributed by atoms with Crippen LogP contribution >= 0.6 is 11.3 Å². The van der Waals surface area contributed by atoms with Crippen LogP contribution in [0.5, 0.6) is 0 Å². The molecule has 0 amide bonds. The number of nitrogens with one attached hydrogen (secondary N) is 1. The van der Waals surface area contributed by atoms with E-state index in [1.165, 1.54) is 27.4 Å². The lowest BCUT2D eigenvalue weighted by Gasteiger charge is -2.15. The number of hydrogen-bond acceptors (Lipinski definition) is 2. The van der Waals surface area contributed by atoms with E-state index in [2.05, 4.69) is 69.4 Å². The van der Waals surface area contributed by atoms with Gasteiger partial charge in [-0.15, -0.1) is 11.3 Å². The third-order valence-electron chi connectivity index (χ3n) is 3.39. The predicted molar refractivity (Wildman–Crippen MR) is 90.8 cm³/mol. The van der Waals surface area contributed by atoms with Gasteiger partial charge >= 0.3 is 0 Å². The first-order chi connectivity index (χ1) is 9.50. The Morgan fingerprint density at radius 3 is 2.45 bits per heavy atom. The molecule has 0 unspecified atom stereocenters. The molecule has 2 heteroatoms. The Balaban J connectivity index is 2.04. The van der Waals surface area contributed by atoms with Crippen LogP contribution in [0.2, 0.25) is 0 Å². The first kappa shape index (κ1) is 15.1. The fourth-order valence-corrected chi connectivity index (χ4v) is 3.24. The van der Waals surface area contributed by atoms with E-state index in [1.54, 1.807) is 0 Å². The highest BCUT2D eigenvalue weighted by atomic mass is 32.1. The summed E-state index contributed by atoms with van der Waals surface area (Å²) in [6.07, 6.45) is 2.33. The highest BCUT2D eigenvalue weighted by Crippen LogP contribution is 2.30. The zero-order chi connectivity index (χ0) is 14.6. The standard InChI is InChI=1S/C18H25NS/c1-5-8-14-9-6-7-10-16(14)19-13-15-11-12-17(20-15)18(2,3)4/h6-7,9-12,19H,5,8,13H2,1-4H3. The van der Waals surface area contributed by atoms with Gasteiger partial charge in [-0.3, -0.25) is 0 Å². The maximum Gasteiger partial charge on any atom is 0.0494 e. The zero-order valence-corrected chi connectivity index (χ0v) is 13.8. The summed E-state index contributed by atoms with van der Waals surface area (Å²) in [7, 11) is 0. The van der Waals surface area contributed by atoms with Gasteiger partial charge in [-0.2, -0.15) is 0 Å². The summed E-state index contributed by atoms with van der Waals surface area (Å²) < 4.78 is 0. The van der Waals surface area contributed by atoms with Crippen LogP contribution in [0.3, 0.4) is 0 Å². The number of benzene rings is 1. The first-order valence-corrected chi connectivity index (χ1v) is 8.23. The fourth-order valence-electron chi connectivity index (χ4n) is 2.24. The maximum absolute atomic E-state index is 3.59. The minimum Gasteiger partial charge on any atom is -0.380 e. The van der Waals surface area contributed by atoms with Gasteiger partial charge < -0.3 is 5.32 Å². The lowest BCUT2D eigenvalue weighted by Crippen LogP contribution is -2.07. The monoisotopic (exact) mass is 287 g/mol. The molecule has 0 fully saturated rings. The molecule has 1 aromatic heterocycles. The molecule has 0 aliphatic rings. The number of hydrogen-bond donors (Lipinski definition) is 1. The van der Waals surface area contributed by atoms with Crippen molar-refractivity contribution in [3.8, 4) is 0 Å². The van der Waals surface area contributed by atoms with Crippen LogP contribution in [-0.2, 0) is 18.4 Å². The number of aryl methyl sites for hydroxylation is 1. The molecule has 1 aromatic carbocycles. The van der Waals surface area contributed by atoms with E-state index >= 15 is 0 Å². The molecular formula is C18H25NS. The lowest BCUT2D eigenvalue weighted by molar-refractivity contribution is 0.604. The Morgan fingerprint density at radius 2 is 1.80 bits per heavy atom. The molecule has 0 radical (unpaired) electrons. The van der Waals surface area contributed by atoms with E-state index in [0.29, 0.717) is 0 Å². The summed E-state index contributed by atoms with van der Waals surface area (Å²) in [5.41, 5.74) is 2.95. The molecule has 1 N–H and O–H groups in total. The van der Waals surface area contributed by atoms with E-state index in [1.807, 2.05) is 11.3 Å². The predicted octanol–water partition coefficient (Wildman–Crippen LogP) is 5.61. The largest absolute Gasteiger partial charge is 0.380 e. The molecule has 0 bridgehead atoms. The molecular weight excluding hydrogens is 262 g/mol. The maximum atomic E-state index is 3.59. The Kier molecular flexibility index (Phi) is 4.87. The Labute approximate surface area is 127 Å². The van der Waals surface area contributed by atoms with Gasteiger partial charge in [-0.05, 0) is 35.6 Å². The Morgan fingerprint density at radius 1 is 1.05 bits per heavy atom. The third-order valence-corrected chi connectivity index (χ3v) is 4.90. The van der Waals surface area contributed by atoms with Crippen molar-refractivity contribution in [2.45, 2.75) is 52.5 Å². The van der Waals surface area contributed by atoms with Crippen molar-refractivity contribution in [2.75, 3.05) is 5.32 Å². The lowest BCUT2D eigenvalue weighted by atomic mass is 9.95. The average Bonchev–Trinajstić information content (AvgIpc) is 2.87. The van der Waals surface area contributed by atoms with Crippen LogP contribution in [0.1, 0.15) is 49.4 Å². The van der Waals surface area contributed by atoms with Gasteiger partial charge in [0.25, 0.3) is 0 Å². The van der Waals surface area contributed by atoms with Gasteiger partial charge in [0.1, 0.15) is 0 Å². The molecule has 2 rings (SSSR count). The van der Waals surface area contributed by atoms with E-state index in [0.717, 1.165) is 13.0 Å². The fraction of sp³-hybridized carbons (Fsp3) is 0.444. The van der Waals surface area contributed by atoms with Crippen molar-refractivity contribution in [1.29, 1.82) is 0 Å². The van der Waals surface area contributed by atoms with Gasteiger partial charge in [0.2, 0.25) is 0 Å². The molecule has 20 heavy (non-hydrogen) atoms. The smallest absolute Gasteiger partial charge is 0.0494 e. The van der Waals surface area contributed by atoms with Crippen LogP contribution in [-0.4, -0.2) is 0 Å². The van der Waals surface area contributed by atoms with Crippen molar-refractivity contribution in [3.05, 3.63) is 51.7 Å². The average molecular weight is 287 g/mol. The van der Waals surface area contributed by atoms with Gasteiger partial charge in [0.15, 0.2) is 0 Å². The quantitative estimate of drug-likeness (QED) is 0.753. The second-order valence-corrected chi connectivity index (χ2v) is 7.44. The normalized spacial score (nSPS) is 11.6. The van der Waals surface area contributed by atoms with Crippen LogP contribution in [0.25, 0.3) is 0 Å². The topological polar surface area (TPSA) is 12.0 Å². The third kappa shape index (κ3) is 3.86. The molecule has 0 saturated heterocycles.